The number of benzene rings is 1. The fraction of sp³-hybridized carbons (Fsp3) is 0.568. The highest BCUT2D eigenvalue weighted by Crippen LogP contribution is 2.68. The number of ketones is 2. The van der Waals surface area contributed by atoms with Crippen LogP contribution in [0.3, 0.4) is 0 Å². The van der Waals surface area contributed by atoms with Crippen LogP contribution < -0.4 is 14.2 Å². The maximum Gasteiger partial charge on any atom is 0.249 e. The summed E-state index contributed by atoms with van der Waals surface area (Å²) >= 11 is 0. The summed E-state index contributed by atoms with van der Waals surface area (Å²) < 4.78 is 27.5. The lowest BCUT2D eigenvalue weighted by atomic mass is 9.51. The first-order valence-corrected chi connectivity index (χ1v) is 19.2. The van der Waals surface area contributed by atoms with Gasteiger partial charge in [-0.2, -0.15) is 0 Å². The van der Waals surface area contributed by atoms with E-state index in [9.17, 15) is 9.59 Å². The highest BCUT2D eigenvalue weighted by atomic mass is 16.6. The quantitative estimate of drug-likeness (QED) is 0.188. The van der Waals surface area contributed by atoms with E-state index in [0.717, 1.165) is 56.3 Å². The van der Waals surface area contributed by atoms with Gasteiger partial charge in [0.2, 0.25) is 5.91 Å². The van der Waals surface area contributed by atoms with E-state index in [1.165, 1.54) is 5.57 Å². The second-order valence-corrected chi connectivity index (χ2v) is 17.0. The minimum Gasteiger partial charge on any atom is -0.495 e. The largest absolute Gasteiger partial charge is 0.495 e. The van der Waals surface area contributed by atoms with Gasteiger partial charge in [0.1, 0.15) is 28.4 Å². The van der Waals surface area contributed by atoms with Crippen molar-refractivity contribution in [2.75, 3.05) is 20.2 Å². The molecule has 4 bridgehead atoms. The molecule has 1 amide bonds. The van der Waals surface area contributed by atoms with Gasteiger partial charge < -0.3 is 23.8 Å². The van der Waals surface area contributed by atoms with E-state index in [-0.39, 0.29) is 29.8 Å². The maximum atomic E-state index is 15.2. The molecule has 5 atom stereocenters. The van der Waals surface area contributed by atoms with Gasteiger partial charge in [0.25, 0.3) is 0 Å². The predicted molar refractivity (Wildman–Crippen MR) is 202 cm³/mol. The average Bonchev–Trinajstić information content (AvgIpc) is 3.26. The number of hydrogen-bond donors (Lipinski definition) is 0. The minimum atomic E-state index is -1.50. The molecule has 0 radical (unpaired) electrons. The molecular weight excluding hydrogens is 654 g/mol. The first-order valence-electron chi connectivity index (χ1n) is 19.2. The number of carbonyl (C=O) groups is 3. The van der Waals surface area contributed by atoms with Gasteiger partial charge in [0.05, 0.1) is 18.3 Å². The number of Topliss-reactive ketones (excluding diaryl/α,β-unsaturated/α-hetero) is 2. The van der Waals surface area contributed by atoms with E-state index >= 15 is 4.79 Å². The lowest BCUT2D eigenvalue weighted by Crippen LogP contribution is -2.72. The van der Waals surface area contributed by atoms with Crippen LogP contribution in [0.5, 0.6) is 17.2 Å². The smallest absolute Gasteiger partial charge is 0.249 e. The van der Waals surface area contributed by atoms with E-state index in [0.29, 0.717) is 52.4 Å². The molecule has 1 aromatic rings. The fourth-order valence-corrected chi connectivity index (χ4v) is 9.71. The van der Waals surface area contributed by atoms with Crippen LogP contribution in [-0.2, 0) is 20.7 Å². The summed E-state index contributed by atoms with van der Waals surface area (Å²) in [6.07, 6.45) is 17.9. The van der Waals surface area contributed by atoms with Crippen molar-refractivity contribution >= 4 is 23.5 Å². The summed E-state index contributed by atoms with van der Waals surface area (Å²) in [7, 11) is 1.58. The lowest BCUT2D eigenvalue weighted by molar-refractivity contribution is -0.171. The Bertz CT molecular complexity index is 1880. The van der Waals surface area contributed by atoms with Crippen molar-refractivity contribution in [2.24, 2.45) is 11.8 Å². The maximum absolute atomic E-state index is 15.2. The Balaban J connectivity index is 1.40. The van der Waals surface area contributed by atoms with Gasteiger partial charge in [-0.1, -0.05) is 35.5 Å². The third kappa shape index (κ3) is 5.45. The van der Waals surface area contributed by atoms with Crippen molar-refractivity contribution in [3.05, 3.63) is 69.4 Å². The normalized spacial score (nSPS) is 30.8. The molecule has 1 spiro atoms. The molecule has 0 aromatic heterocycles. The third-order valence-corrected chi connectivity index (χ3v) is 12.3. The number of fused-ring (bicyclic) bond motifs is 2. The van der Waals surface area contributed by atoms with E-state index in [4.69, 9.17) is 18.9 Å². The Labute approximate surface area is 309 Å². The zero-order chi connectivity index (χ0) is 37.4. The highest BCUT2D eigenvalue weighted by molar-refractivity contribution is 6.19. The number of allylic oxidation sites excluding steroid dienone is 5. The number of rotatable bonds is 9. The van der Waals surface area contributed by atoms with Crippen LogP contribution >= 0.6 is 0 Å². The molecule has 2 saturated heterocycles. The van der Waals surface area contributed by atoms with E-state index < -0.39 is 28.3 Å². The average molecular weight is 710 g/mol. The molecule has 5 unspecified atom stereocenters. The van der Waals surface area contributed by atoms with Gasteiger partial charge in [-0.15, -0.1) is 0 Å². The molecule has 3 aliphatic carbocycles. The van der Waals surface area contributed by atoms with Crippen molar-refractivity contribution in [3.8, 4) is 17.2 Å². The van der Waals surface area contributed by atoms with Crippen LogP contribution in [0.1, 0.15) is 122 Å². The van der Waals surface area contributed by atoms with Gasteiger partial charge in [-0.05, 0) is 112 Å². The Morgan fingerprint density at radius 1 is 0.962 bits per heavy atom. The van der Waals surface area contributed by atoms with Crippen molar-refractivity contribution < 1.29 is 33.3 Å². The number of amides is 1. The predicted octanol–water partition coefficient (Wildman–Crippen LogP) is 8.47. The topological polar surface area (TPSA) is 91.4 Å². The summed E-state index contributed by atoms with van der Waals surface area (Å²) in [5.74, 6) is 0.330. The Morgan fingerprint density at radius 3 is 2.35 bits per heavy atom. The number of piperidine rings is 1. The van der Waals surface area contributed by atoms with Gasteiger partial charge >= 0.3 is 0 Å². The van der Waals surface area contributed by atoms with Crippen LogP contribution in [0.2, 0.25) is 0 Å². The summed E-state index contributed by atoms with van der Waals surface area (Å²) in [4.78, 5) is 45.4. The SMILES string of the molecule is COc1c2c(c(CC=C(C)C)c3c1C(=O)C1=CC4CC5C(C)(C)OC(C/C=C(/C)C(=O)N6CCCCC6)(C4=O)C15O3)OC(C)(CCC=C(C)C)C=C2. The van der Waals surface area contributed by atoms with Gasteiger partial charge in [-0.3, -0.25) is 14.4 Å². The molecule has 1 saturated carbocycles. The van der Waals surface area contributed by atoms with Crippen LogP contribution in [0.15, 0.2) is 52.7 Å². The monoisotopic (exact) mass is 709 g/mol. The van der Waals surface area contributed by atoms with E-state index in [1.54, 1.807) is 7.11 Å². The lowest BCUT2D eigenvalue weighted by Gasteiger charge is -2.56. The fourth-order valence-electron chi connectivity index (χ4n) is 9.71. The molecule has 8 rings (SSSR count). The molecule has 0 N–H and O–H groups in total. The zero-order valence-electron chi connectivity index (χ0n) is 32.5. The van der Waals surface area contributed by atoms with Gasteiger partial charge in [-0.25, -0.2) is 0 Å². The molecule has 4 aliphatic heterocycles. The molecule has 7 aliphatic rings. The van der Waals surface area contributed by atoms with Crippen LogP contribution in [0.4, 0.5) is 0 Å². The van der Waals surface area contributed by atoms with E-state index in [1.807, 2.05) is 57.7 Å². The molecule has 8 nitrogen and oxygen atoms in total. The summed E-state index contributed by atoms with van der Waals surface area (Å²) in [6.45, 7) is 17.7. The minimum absolute atomic E-state index is 0.0178. The van der Waals surface area contributed by atoms with Gasteiger partial charge in [0, 0.05) is 48.1 Å². The molecule has 4 heterocycles. The second-order valence-electron chi connectivity index (χ2n) is 17.0. The van der Waals surface area contributed by atoms with Gasteiger partial charge in [0.15, 0.2) is 22.8 Å². The zero-order valence-corrected chi connectivity index (χ0v) is 32.5. The van der Waals surface area contributed by atoms with E-state index in [2.05, 4.69) is 39.0 Å². The van der Waals surface area contributed by atoms with Crippen LogP contribution in [0, 0.1) is 11.8 Å². The molecular formula is C44H55NO7. The molecule has 3 fully saturated rings. The first-order chi connectivity index (χ1) is 24.6. The number of likely N-dealkylation sites (tertiary alicyclic amines) is 1. The molecule has 8 heteroatoms. The first kappa shape index (κ1) is 36.4. The standard InChI is InChI=1S/C44H55NO7/c1-26(2)14-13-19-42(8)20-18-31-36(50-42)30(16-15-27(3)4)38-34(37(31)49-9)35(46)32-24-29-25-33-41(6,7)52-43(39(29)47,44(32,33)51-38)21-17-28(5)40(48)45-22-11-10-12-23-45/h14-15,17-18,20,24,29,33H,10-13,16,19,21-23,25H2,1-9H3/b28-17-. The Hall–Kier alpha value is -3.91. The Morgan fingerprint density at radius 2 is 1.67 bits per heavy atom. The van der Waals surface area contributed by atoms with Crippen LogP contribution in [-0.4, -0.2) is 65.0 Å². The number of methoxy groups -OCH3 is 1. The molecule has 1 aromatic carbocycles. The summed E-state index contributed by atoms with van der Waals surface area (Å²) in [6, 6.07) is 0. The van der Waals surface area contributed by atoms with Crippen molar-refractivity contribution in [2.45, 2.75) is 129 Å². The highest BCUT2D eigenvalue weighted by Gasteiger charge is 2.81. The summed E-state index contributed by atoms with van der Waals surface area (Å²) in [5.41, 5.74) is 0.945. The van der Waals surface area contributed by atoms with Crippen molar-refractivity contribution in [1.29, 1.82) is 0 Å². The number of carbonyl (C=O) groups excluding carboxylic acids is 3. The number of nitrogens with zero attached hydrogens (tertiary/aromatic N) is 1. The van der Waals surface area contributed by atoms with Crippen molar-refractivity contribution in [3.63, 3.8) is 0 Å². The molecule has 52 heavy (non-hydrogen) atoms. The second kappa shape index (κ2) is 12.9. The number of ether oxygens (including phenoxy) is 4. The third-order valence-electron chi connectivity index (χ3n) is 12.3. The summed E-state index contributed by atoms with van der Waals surface area (Å²) in [5, 5.41) is 0. The number of hydrogen-bond acceptors (Lipinski definition) is 7. The van der Waals surface area contributed by atoms with Crippen LogP contribution in [0.25, 0.3) is 6.08 Å². The Kier molecular flexibility index (Phi) is 9.04. The van der Waals surface area contributed by atoms with Crippen molar-refractivity contribution in [1.82, 2.24) is 4.90 Å². The molecule has 278 valence electrons.